The van der Waals surface area contributed by atoms with Crippen LogP contribution in [0, 0.1) is 12.1 Å². The molecule has 9 heteroatoms. The fraction of sp³-hybridized carbons (Fsp3) is 0.387. The number of nitrogens with zero attached hydrogens (tertiary/aromatic N) is 2. The predicted octanol–water partition coefficient (Wildman–Crippen LogP) is 4.80. The Morgan fingerprint density at radius 3 is 1.88 bits per heavy atom. The molecular formula is C31H42N4O5. The van der Waals surface area contributed by atoms with Gasteiger partial charge in [0.2, 0.25) is 17.8 Å². The van der Waals surface area contributed by atoms with Gasteiger partial charge in [-0.2, -0.15) is 4.73 Å². The number of aryl methyl sites for hydroxylation is 1. The third-order valence-corrected chi connectivity index (χ3v) is 5.45. The van der Waals surface area contributed by atoms with Crippen molar-refractivity contribution in [2.75, 3.05) is 6.54 Å². The van der Waals surface area contributed by atoms with E-state index >= 15 is 0 Å². The lowest BCUT2D eigenvalue weighted by atomic mass is 10.2. The van der Waals surface area contributed by atoms with Crippen molar-refractivity contribution in [1.82, 2.24) is 15.6 Å². The molecule has 0 fully saturated rings. The number of rotatable bonds is 19. The molecule has 9 nitrogen and oxygen atoms in total. The van der Waals surface area contributed by atoms with Crippen molar-refractivity contribution in [3.8, 4) is 0 Å². The third-order valence-electron chi connectivity index (χ3n) is 5.45. The Hall–Kier alpha value is -4.27. The Kier molecular flexibility index (Phi) is 18.3. The molecule has 0 aliphatic rings. The zero-order valence-electron chi connectivity index (χ0n) is 23.5. The second kappa shape index (κ2) is 21.6. The van der Waals surface area contributed by atoms with Crippen molar-refractivity contribution in [1.29, 1.82) is 0 Å². The van der Waals surface area contributed by atoms with Crippen LogP contribution in [0.2, 0.25) is 0 Å². The van der Waals surface area contributed by atoms with Crippen molar-refractivity contribution in [3.05, 3.63) is 102 Å². The molecule has 2 amide bonds. The molecule has 3 N–H and O–H groups in total. The number of hydrogen-bond acceptors (Lipinski definition) is 5. The normalized spacial score (nSPS) is 12.9. The molecule has 0 aromatic carbocycles. The minimum Gasteiger partial charge on any atom is -0.618 e. The van der Waals surface area contributed by atoms with Crippen molar-refractivity contribution in [2.45, 2.75) is 71.3 Å². The highest BCUT2D eigenvalue weighted by molar-refractivity contribution is 5.94. The van der Waals surface area contributed by atoms with E-state index < -0.39 is 17.9 Å². The van der Waals surface area contributed by atoms with Crippen LogP contribution in [0.4, 0.5) is 0 Å². The van der Waals surface area contributed by atoms with E-state index in [0.29, 0.717) is 16.8 Å². The zero-order chi connectivity index (χ0) is 29.4. The first kappa shape index (κ1) is 33.8. The molecule has 1 aromatic rings. The van der Waals surface area contributed by atoms with Crippen molar-refractivity contribution in [2.24, 2.45) is 0 Å². The first-order valence-corrected chi connectivity index (χ1v) is 13.6. The first-order chi connectivity index (χ1) is 19.3. The summed E-state index contributed by atoms with van der Waals surface area (Å²) in [7, 11) is 0. The number of aliphatic carboxylic acids is 1. The number of carboxylic acid groups (broad SMARTS) is 1. The minimum absolute atomic E-state index is 0.193. The Morgan fingerprint density at radius 1 is 0.900 bits per heavy atom. The van der Waals surface area contributed by atoms with Crippen LogP contribution in [0.5, 0.6) is 0 Å². The van der Waals surface area contributed by atoms with Crippen molar-refractivity contribution in [3.63, 3.8) is 0 Å². The van der Waals surface area contributed by atoms with Gasteiger partial charge in [0, 0.05) is 19.9 Å². The van der Waals surface area contributed by atoms with E-state index in [1.54, 1.807) is 0 Å². The molecule has 0 aliphatic carbocycles. The summed E-state index contributed by atoms with van der Waals surface area (Å²) < 4.78 is 0.467. The number of carbonyl (C=O) groups is 3. The van der Waals surface area contributed by atoms with Gasteiger partial charge in [0.25, 0.3) is 5.91 Å². The highest BCUT2D eigenvalue weighted by Gasteiger charge is 2.23. The Balaban J connectivity index is 2.18. The molecule has 0 bridgehead atoms. The molecule has 1 atom stereocenters. The van der Waals surface area contributed by atoms with Gasteiger partial charge in [-0.3, -0.25) is 9.59 Å². The average Bonchev–Trinajstić information content (AvgIpc) is 2.93. The summed E-state index contributed by atoms with van der Waals surface area (Å²) in [6.07, 6.45) is 33.8. The van der Waals surface area contributed by atoms with Crippen LogP contribution in [0.1, 0.15) is 74.5 Å². The Labute approximate surface area is 237 Å². The van der Waals surface area contributed by atoms with E-state index in [9.17, 15) is 24.7 Å². The van der Waals surface area contributed by atoms with Crippen LogP contribution in [0.15, 0.2) is 85.3 Å². The second-order valence-electron chi connectivity index (χ2n) is 8.86. The summed E-state index contributed by atoms with van der Waals surface area (Å²) in [5.41, 5.74) is 0.0846. The molecule has 216 valence electrons. The van der Waals surface area contributed by atoms with E-state index in [0.717, 1.165) is 44.7 Å². The third kappa shape index (κ3) is 16.5. The number of aromatic nitrogens is 2. The van der Waals surface area contributed by atoms with E-state index in [2.05, 4.69) is 83.3 Å². The number of allylic oxidation sites excluding steroid dienone is 12. The quantitative estimate of drug-likeness (QED) is 0.129. The van der Waals surface area contributed by atoms with Gasteiger partial charge in [-0.1, -0.05) is 79.8 Å². The van der Waals surface area contributed by atoms with E-state index in [1.807, 2.05) is 12.2 Å². The molecule has 40 heavy (non-hydrogen) atoms. The SMILES string of the molecule is CC/C=C\C/C=C\C/C=C\C/C=C\C/C=C\C/C=C\CCC(=O)NCC(NC(=O)c1c[n+]([O-])c(C)cn1)C(=O)O. The number of amides is 2. The van der Waals surface area contributed by atoms with Gasteiger partial charge in [0.15, 0.2) is 5.69 Å². The number of carbonyl (C=O) groups excluding carboxylic acids is 2. The van der Waals surface area contributed by atoms with E-state index in [-0.39, 0.29) is 24.6 Å². The summed E-state index contributed by atoms with van der Waals surface area (Å²) in [6, 6.07) is -1.36. The maximum Gasteiger partial charge on any atom is 0.328 e. The smallest absolute Gasteiger partial charge is 0.328 e. The topological polar surface area (TPSA) is 135 Å². The monoisotopic (exact) mass is 550 g/mol. The van der Waals surface area contributed by atoms with Gasteiger partial charge in [-0.05, 0) is 44.9 Å². The molecule has 0 spiro atoms. The first-order valence-electron chi connectivity index (χ1n) is 13.6. The summed E-state index contributed by atoms with van der Waals surface area (Å²) in [4.78, 5) is 39.5. The standard InChI is InChI=1S/C31H42N4O5/c1-3-4-5-6-7-8-9-10-11-12-13-14-15-16-17-18-19-20-21-22-29(36)33-24-27(31(38)39)34-30(37)28-25-35(40)26(2)23-32-28/h4-5,7-8,10-11,13-14,16-17,19-20,23,25,27H,3,6,9,12,15,18,21-22,24H2,1-2H3,(H,33,36)(H,34,37)(H,38,39)/b5-4-,8-7-,11-10-,14-13-,17-16-,20-19-. The van der Waals surface area contributed by atoms with Crippen LogP contribution in [0.25, 0.3) is 0 Å². The van der Waals surface area contributed by atoms with Gasteiger partial charge in [0.05, 0.1) is 6.20 Å². The van der Waals surface area contributed by atoms with Gasteiger partial charge < -0.3 is 20.9 Å². The second-order valence-corrected chi connectivity index (χ2v) is 8.86. The van der Waals surface area contributed by atoms with Gasteiger partial charge in [0.1, 0.15) is 6.04 Å². The van der Waals surface area contributed by atoms with Crippen LogP contribution in [-0.4, -0.2) is 40.5 Å². The average molecular weight is 551 g/mol. The molecule has 1 aromatic heterocycles. The zero-order valence-corrected chi connectivity index (χ0v) is 23.5. The van der Waals surface area contributed by atoms with Crippen LogP contribution < -0.4 is 15.4 Å². The molecule has 1 heterocycles. The van der Waals surface area contributed by atoms with Gasteiger partial charge >= 0.3 is 5.97 Å². The number of nitrogens with one attached hydrogen (secondary N) is 2. The highest BCUT2D eigenvalue weighted by Crippen LogP contribution is 1.99. The predicted molar refractivity (Wildman–Crippen MR) is 157 cm³/mol. The Morgan fingerprint density at radius 2 is 1.40 bits per heavy atom. The van der Waals surface area contributed by atoms with Crippen LogP contribution in [-0.2, 0) is 9.59 Å². The Bertz CT molecular complexity index is 1100. The maximum atomic E-state index is 12.2. The van der Waals surface area contributed by atoms with Crippen LogP contribution >= 0.6 is 0 Å². The largest absolute Gasteiger partial charge is 0.618 e. The lowest BCUT2D eigenvalue weighted by Crippen LogP contribution is -2.49. The van der Waals surface area contributed by atoms with E-state index in [4.69, 9.17) is 0 Å². The van der Waals surface area contributed by atoms with Crippen molar-refractivity contribution < 1.29 is 24.2 Å². The summed E-state index contributed by atoms with van der Waals surface area (Å²) in [6.45, 7) is 3.37. The summed E-state index contributed by atoms with van der Waals surface area (Å²) in [5.74, 6) is -2.46. The molecule has 1 unspecified atom stereocenters. The fourth-order valence-corrected chi connectivity index (χ4v) is 3.17. The molecule has 0 aliphatic heterocycles. The molecule has 1 rings (SSSR count). The molecule has 0 radical (unpaired) electrons. The number of hydrogen-bond donors (Lipinski definition) is 3. The molecule has 0 saturated heterocycles. The van der Waals surface area contributed by atoms with Crippen molar-refractivity contribution >= 4 is 17.8 Å². The molecule has 0 saturated carbocycles. The fourth-order valence-electron chi connectivity index (χ4n) is 3.17. The molecular weight excluding hydrogens is 508 g/mol. The van der Waals surface area contributed by atoms with E-state index in [1.165, 1.54) is 13.1 Å². The summed E-state index contributed by atoms with van der Waals surface area (Å²) >= 11 is 0. The maximum absolute atomic E-state index is 12.2. The highest BCUT2D eigenvalue weighted by atomic mass is 16.5. The van der Waals surface area contributed by atoms with Gasteiger partial charge in [-0.25, -0.2) is 9.78 Å². The lowest BCUT2D eigenvalue weighted by Gasteiger charge is -2.15. The van der Waals surface area contributed by atoms with Crippen LogP contribution in [0.3, 0.4) is 0 Å². The lowest BCUT2D eigenvalue weighted by molar-refractivity contribution is -0.613. The van der Waals surface area contributed by atoms with Gasteiger partial charge in [-0.15, -0.1) is 0 Å². The summed E-state index contributed by atoms with van der Waals surface area (Å²) in [5, 5.41) is 25.7. The number of carboxylic acids is 1. The minimum atomic E-state index is -1.36.